The lowest BCUT2D eigenvalue weighted by atomic mass is 9.84. The number of esters is 2. The van der Waals surface area contributed by atoms with Gasteiger partial charge in [-0.1, -0.05) is 45.3 Å². The van der Waals surface area contributed by atoms with Crippen LogP contribution in [0.3, 0.4) is 0 Å². The van der Waals surface area contributed by atoms with Gasteiger partial charge < -0.3 is 14.2 Å². The zero-order chi connectivity index (χ0) is 28.6. The van der Waals surface area contributed by atoms with Crippen molar-refractivity contribution in [1.82, 2.24) is 0 Å². The average molecular weight is 527 g/mol. The van der Waals surface area contributed by atoms with E-state index in [2.05, 4.69) is 0 Å². The molecule has 8 nitrogen and oxygen atoms in total. The number of Topliss-reactive ketones (excluding diaryl/α,β-unsaturated/α-hetero) is 2. The fourth-order valence-corrected chi connectivity index (χ4v) is 4.16. The summed E-state index contributed by atoms with van der Waals surface area (Å²) in [5.74, 6) is -3.03. The van der Waals surface area contributed by atoms with E-state index in [1.165, 1.54) is 32.1 Å². The molecule has 206 valence electrons. The fourth-order valence-electron chi connectivity index (χ4n) is 4.16. The molecule has 0 heterocycles. The van der Waals surface area contributed by atoms with Crippen molar-refractivity contribution >= 4 is 29.3 Å². The molecule has 0 spiro atoms. The van der Waals surface area contributed by atoms with E-state index >= 15 is 0 Å². The first kappa shape index (κ1) is 30.8. The molecule has 0 amide bonds. The van der Waals surface area contributed by atoms with E-state index in [1.807, 2.05) is 40.7 Å². The van der Waals surface area contributed by atoms with Crippen molar-refractivity contribution in [2.24, 2.45) is 5.92 Å². The van der Waals surface area contributed by atoms with Crippen LogP contribution >= 0.6 is 0 Å². The van der Waals surface area contributed by atoms with E-state index in [0.717, 1.165) is 18.4 Å². The van der Waals surface area contributed by atoms with Gasteiger partial charge in [0.1, 0.15) is 17.6 Å². The number of ether oxygens (including phenoxy) is 3. The second-order valence-corrected chi connectivity index (χ2v) is 9.78. The van der Waals surface area contributed by atoms with Gasteiger partial charge in [0.25, 0.3) is 0 Å². The Balaban J connectivity index is 2.64. The molecule has 1 aromatic rings. The Morgan fingerprint density at radius 2 is 1.50 bits per heavy atom. The van der Waals surface area contributed by atoms with Crippen LogP contribution in [-0.2, 0) is 19.1 Å². The van der Waals surface area contributed by atoms with Crippen LogP contribution < -0.4 is 9.47 Å². The van der Waals surface area contributed by atoms with Gasteiger partial charge in [-0.05, 0) is 51.3 Å². The molecule has 38 heavy (non-hydrogen) atoms. The van der Waals surface area contributed by atoms with Crippen molar-refractivity contribution in [3.8, 4) is 11.5 Å². The molecule has 1 aliphatic carbocycles. The van der Waals surface area contributed by atoms with E-state index in [4.69, 9.17) is 14.2 Å². The second kappa shape index (κ2) is 14.0. The van der Waals surface area contributed by atoms with Gasteiger partial charge in [-0.3, -0.25) is 24.0 Å². The van der Waals surface area contributed by atoms with Gasteiger partial charge in [-0.2, -0.15) is 0 Å². The van der Waals surface area contributed by atoms with E-state index in [9.17, 15) is 24.0 Å². The summed E-state index contributed by atoms with van der Waals surface area (Å²) in [6.07, 6.45) is 4.44. The van der Waals surface area contributed by atoms with Crippen molar-refractivity contribution in [3.05, 3.63) is 46.6 Å². The van der Waals surface area contributed by atoms with Crippen LogP contribution in [-0.4, -0.2) is 41.5 Å². The molecule has 0 bridgehead atoms. The third-order valence-electron chi connectivity index (χ3n) is 6.31. The number of benzene rings is 1. The van der Waals surface area contributed by atoms with Crippen molar-refractivity contribution in [1.29, 1.82) is 0 Å². The number of carbonyl (C=O) groups excluding carboxylic acids is 5. The minimum atomic E-state index is -0.896. The monoisotopic (exact) mass is 526 g/mol. The summed E-state index contributed by atoms with van der Waals surface area (Å²) in [6.45, 7) is 12.0. The quantitative estimate of drug-likeness (QED) is 0.181. The van der Waals surface area contributed by atoms with Gasteiger partial charge >= 0.3 is 11.9 Å². The number of fused-ring (bicyclic) bond motifs is 1. The molecule has 0 saturated heterocycles. The molecule has 0 fully saturated rings. The molecule has 2 rings (SSSR count). The highest BCUT2D eigenvalue weighted by molar-refractivity contribution is 6.27. The number of allylic oxidation sites excluding steroid dienone is 2. The van der Waals surface area contributed by atoms with E-state index in [0.29, 0.717) is 12.8 Å². The van der Waals surface area contributed by atoms with Gasteiger partial charge in [0.15, 0.2) is 17.3 Å². The van der Waals surface area contributed by atoms with E-state index in [-0.39, 0.29) is 46.3 Å². The molecule has 0 saturated carbocycles. The molecule has 0 radical (unpaired) electrons. The summed E-state index contributed by atoms with van der Waals surface area (Å²) in [5, 5.41) is 0. The first-order chi connectivity index (χ1) is 17.9. The second-order valence-electron chi connectivity index (χ2n) is 9.78. The van der Waals surface area contributed by atoms with Crippen LogP contribution in [0.25, 0.3) is 0 Å². The number of ketones is 3. The minimum absolute atomic E-state index is 0.0449. The topological polar surface area (TPSA) is 113 Å². The zero-order valence-electron chi connectivity index (χ0n) is 23.3. The summed E-state index contributed by atoms with van der Waals surface area (Å²) < 4.78 is 16.8. The maximum Gasteiger partial charge on any atom is 0.308 e. The van der Waals surface area contributed by atoms with Gasteiger partial charge in [0.2, 0.25) is 0 Å². The average Bonchev–Trinajstić information content (AvgIpc) is 2.85. The molecular formula is C30H38O8. The van der Waals surface area contributed by atoms with E-state index in [1.54, 1.807) is 0 Å². The highest BCUT2D eigenvalue weighted by Gasteiger charge is 2.38. The Hall–Kier alpha value is -3.39. The summed E-state index contributed by atoms with van der Waals surface area (Å²) in [7, 11) is 0. The third kappa shape index (κ3) is 7.81. The Bertz CT molecular complexity index is 1150. The highest BCUT2D eigenvalue weighted by atomic mass is 16.5. The van der Waals surface area contributed by atoms with Crippen molar-refractivity contribution in [3.63, 3.8) is 0 Å². The number of hydrogen-bond donors (Lipinski definition) is 0. The van der Waals surface area contributed by atoms with Crippen molar-refractivity contribution < 1.29 is 38.2 Å². The Kier molecular flexibility index (Phi) is 11.3. The molecular weight excluding hydrogens is 488 g/mol. The first-order valence-electron chi connectivity index (χ1n) is 13.1. The normalized spacial score (nSPS) is 15.1. The predicted octanol–water partition coefficient (Wildman–Crippen LogP) is 5.76. The van der Waals surface area contributed by atoms with Gasteiger partial charge in [-0.15, -0.1) is 0 Å². The molecule has 8 heteroatoms. The molecule has 0 aromatic heterocycles. The number of unbranched alkanes of at least 4 members (excludes halogenated alkanes) is 1. The smallest absolute Gasteiger partial charge is 0.308 e. The molecule has 3 atom stereocenters. The Morgan fingerprint density at radius 3 is 2.00 bits per heavy atom. The zero-order valence-corrected chi connectivity index (χ0v) is 23.3. The first-order valence-corrected chi connectivity index (χ1v) is 13.1. The third-order valence-corrected chi connectivity index (χ3v) is 6.31. The van der Waals surface area contributed by atoms with Gasteiger partial charge in [0.05, 0.1) is 17.2 Å². The van der Waals surface area contributed by atoms with Crippen molar-refractivity contribution in [2.75, 3.05) is 0 Å². The molecule has 0 aliphatic heterocycles. The van der Waals surface area contributed by atoms with Crippen LogP contribution in [0.2, 0.25) is 0 Å². The standard InChI is InChI=1S/C30H38O8/c1-8-10-11-26(29(34)18(5)9-2)38-23(13-12-17(3)4)21-16-22(33)27-24(36-19(6)31)14-15-25(37-20(7)32)28(27)30(21)35/h12,14-16,18,23,26H,8-11,13H2,1-7H3. The van der Waals surface area contributed by atoms with Crippen LogP contribution in [0.1, 0.15) is 101 Å². The fraction of sp³-hybridized carbons (Fsp3) is 0.500. The number of hydrogen-bond acceptors (Lipinski definition) is 8. The maximum absolute atomic E-state index is 13.9. The Labute approximate surface area is 224 Å². The number of rotatable bonds is 13. The van der Waals surface area contributed by atoms with Gasteiger partial charge in [-0.25, -0.2) is 0 Å². The minimum Gasteiger partial charge on any atom is -0.426 e. The molecule has 1 aromatic carbocycles. The van der Waals surface area contributed by atoms with Crippen LogP contribution in [0.4, 0.5) is 0 Å². The SMILES string of the molecule is CCCCC(OC(CC=C(C)C)C1=CC(=O)c2c(OC(C)=O)ccc(OC(C)=O)c2C1=O)C(=O)C(C)CC. The summed E-state index contributed by atoms with van der Waals surface area (Å²) in [6, 6.07) is 2.63. The van der Waals surface area contributed by atoms with Gasteiger partial charge in [0, 0.05) is 25.3 Å². The summed E-state index contributed by atoms with van der Waals surface area (Å²) in [4.78, 5) is 63.9. The maximum atomic E-state index is 13.9. The van der Waals surface area contributed by atoms with Crippen LogP contribution in [0.15, 0.2) is 35.4 Å². The molecule has 1 aliphatic rings. The summed E-state index contributed by atoms with van der Waals surface area (Å²) in [5.41, 5.74) is 0.689. The highest BCUT2D eigenvalue weighted by Crippen LogP contribution is 2.38. The Morgan fingerprint density at radius 1 is 0.921 bits per heavy atom. The molecule has 3 unspecified atom stereocenters. The lowest BCUT2D eigenvalue weighted by Gasteiger charge is -2.29. The van der Waals surface area contributed by atoms with Crippen LogP contribution in [0, 0.1) is 5.92 Å². The molecule has 0 N–H and O–H groups in total. The lowest BCUT2D eigenvalue weighted by molar-refractivity contribution is -0.137. The largest absolute Gasteiger partial charge is 0.426 e. The predicted molar refractivity (Wildman–Crippen MR) is 142 cm³/mol. The summed E-state index contributed by atoms with van der Waals surface area (Å²) >= 11 is 0. The lowest BCUT2D eigenvalue weighted by Crippen LogP contribution is -2.36. The van der Waals surface area contributed by atoms with Crippen molar-refractivity contribution in [2.45, 2.75) is 92.8 Å². The van der Waals surface area contributed by atoms with Crippen LogP contribution in [0.5, 0.6) is 11.5 Å². The number of carbonyl (C=O) groups is 5. The van der Waals surface area contributed by atoms with E-state index < -0.39 is 35.7 Å².